The lowest BCUT2D eigenvalue weighted by Gasteiger charge is -2.11. The predicted octanol–water partition coefficient (Wildman–Crippen LogP) is 5.21. The molecule has 3 rings (SSSR count). The van der Waals surface area contributed by atoms with Crippen LogP contribution in [-0.4, -0.2) is 11.9 Å². The van der Waals surface area contributed by atoms with Crippen LogP contribution in [0.2, 0.25) is 0 Å². The van der Waals surface area contributed by atoms with E-state index in [4.69, 9.17) is 0 Å². The van der Waals surface area contributed by atoms with Crippen molar-refractivity contribution in [1.82, 2.24) is 5.32 Å². The highest BCUT2D eigenvalue weighted by atomic mass is 16.1. The Kier molecular flexibility index (Phi) is 6.16. The first kappa shape index (κ1) is 17.4. The molecule has 26 heavy (non-hydrogen) atoms. The Morgan fingerprint density at radius 1 is 0.654 bits per heavy atom. The summed E-state index contributed by atoms with van der Waals surface area (Å²) in [7, 11) is 0. The van der Waals surface area contributed by atoms with Crippen LogP contribution in [0.3, 0.4) is 0 Å². The zero-order valence-corrected chi connectivity index (χ0v) is 14.5. The Hall–Kier alpha value is -3.39. The van der Waals surface area contributed by atoms with Crippen molar-refractivity contribution in [3.8, 4) is 0 Å². The number of rotatable bonds is 6. The van der Waals surface area contributed by atoms with Gasteiger partial charge in [0.1, 0.15) is 0 Å². The summed E-state index contributed by atoms with van der Waals surface area (Å²) < 4.78 is 0. The molecule has 0 spiro atoms. The quantitative estimate of drug-likeness (QED) is 0.656. The van der Waals surface area contributed by atoms with Gasteiger partial charge >= 0.3 is 0 Å². The summed E-state index contributed by atoms with van der Waals surface area (Å²) in [6.45, 7) is 0. The maximum atomic E-state index is 12.5. The smallest absolute Gasteiger partial charge is 0.251 e. The van der Waals surface area contributed by atoms with E-state index in [1.54, 1.807) is 0 Å². The summed E-state index contributed by atoms with van der Waals surface area (Å²) in [5.74, 6) is -0.0916. The van der Waals surface area contributed by atoms with Gasteiger partial charge in [-0.3, -0.25) is 4.79 Å². The Labute approximate surface area is 154 Å². The molecule has 0 radical (unpaired) electrons. The van der Waals surface area contributed by atoms with Crippen LogP contribution >= 0.6 is 0 Å². The largest absolute Gasteiger partial charge is 0.342 e. The van der Waals surface area contributed by atoms with E-state index in [-0.39, 0.29) is 11.9 Å². The van der Waals surface area contributed by atoms with Gasteiger partial charge in [0.15, 0.2) is 0 Å². The van der Waals surface area contributed by atoms with E-state index in [9.17, 15) is 4.79 Å². The lowest BCUT2D eigenvalue weighted by atomic mass is 10.1. The van der Waals surface area contributed by atoms with Crippen molar-refractivity contribution in [2.45, 2.75) is 6.04 Å². The van der Waals surface area contributed by atoms with E-state index in [2.05, 4.69) is 5.32 Å². The molecule has 2 nitrogen and oxygen atoms in total. The van der Waals surface area contributed by atoms with Crippen LogP contribution in [-0.2, 0) is 0 Å². The first-order valence-electron chi connectivity index (χ1n) is 8.64. The summed E-state index contributed by atoms with van der Waals surface area (Å²) in [6.07, 6.45) is 8.03. The summed E-state index contributed by atoms with van der Waals surface area (Å²) in [6, 6.07) is 29.2. The molecule has 0 aliphatic heterocycles. The van der Waals surface area contributed by atoms with Crippen molar-refractivity contribution >= 4 is 18.1 Å². The fourth-order valence-corrected chi connectivity index (χ4v) is 2.54. The monoisotopic (exact) mass is 339 g/mol. The van der Waals surface area contributed by atoms with Gasteiger partial charge in [-0.2, -0.15) is 0 Å². The van der Waals surface area contributed by atoms with Crippen LogP contribution < -0.4 is 5.32 Å². The minimum atomic E-state index is -0.205. The van der Waals surface area contributed by atoms with Crippen LogP contribution in [0.15, 0.2) is 103 Å². The molecule has 3 aromatic rings. The second-order valence-electron chi connectivity index (χ2n) is 5.90. The first-order chi connectivity index (χ1) is 12.8. The topological polar surface area (TPSA) is 29.1 Å². The van der Waals surface area contributed by atoms with Gasteiger partial charge in [0.05, 0.1) is 6.04 Å². The number of hydrogen-bond donors (Lipinski definition) is 1. The fourth-order valence-electron chi connectivity index (χ4n) is 2.54. The lowest BCUT2D eigenvalue weighted by molar-refractivity contribution is 0.0950. The zero-order valence-electron chi connectivity index (χ0n) is 14.5. The third-order valence-electron chi connectivity index (χ3n) is 3.92. The summed E-state index contributed by atoms with van der Waals surface area (Å²) in [5.41, 5.74) is 2.85. The van der Waals surface area contributed by atoms with Crippen LogP contribution in [0, 0.1) is 0 Å². The molecule has 1 unspecified atom stereocenters. The molecule has 3 aromatic carbocycles. The number of benzene rings is 3. The summed E-state index contributed by atoms with van der Waals surface area (Å²) >= 11 is 0. The van der Waals surface area contributed by atoms with Gasteiger partial charge in [-0.05, 0) is 23.3 Å². The Morgan fingerprint density at radius 3 is 1.54 bits per heavy atom. The highest BCUT2D eigenvalue weighted by molar-refractivity contribution is 5.94. The molecule has 0 heterocycles. The molecule has 0 saturated carbocycles. The summed E-state index contributed by atoms with van der Waals surface area (Å²) in [5, 5.41) is 3.06. The van der Waals surface area contributed by atoms with Crippen molar-refractivity contribution in [1.29, 1.82) is 0 Å². The molecular formula is C24H21NO. The molecule has 2 heteroatoms. The van der Waals surface area contributed by atoms with Crippen molar-refractivity contribution in [3.63, 3.8) is 0 Å². The van der Waals surface area contributed by atoms with Crippen molar-refractivity contribution in [2.75, 3.05) is 0 Å². The van der Waals surface area contributed by atoms with E-state index >= 15 is 0 Å². The van der Waals surface area contributed by atoms with Gasteiger partial charge in [0, 0.05) is 5.56 Å². The Bertz CT molecular complexity index is 818. The molecule has 1 amide bonds. The fraction of sp³-hybridized carbons (Fsp3) is 0.0417. The SMILES string of the molecule is O=C(NC(/C=C\c1ccccc1)/C=C/c1ccccc1)c1ccccc1. The molecule has 0 fully saturated rings. The molecule has 0 saturated heterocycles. The number of nitrogens with one attached hydrogen (secondary N) is 1. The number of carbonyl (C=O) groups excluding carboxylic acids is 1. The maximum absolute atomic E-state index is 12.5. The van der Waals surface area contributed by atoms with Crippen LogP contribution in [0.25, 0.3) is 12.2 Å². The van der Waals surface area contributed by atoms with Crippen LogP contribution in [0.5, 0.6) is 0 Å². The molecule has 0 bridgehead atoms. The zero-order chi connectivity index (χ0) is 18.0. The molecule has 0 aliphatic carbocycles. The number of hydrogen-bond acceptors (Lipinski definition) is 1. The molecular weight excluding hydrogens is 318 g/mol. The van der Waals surface area contributed by atoms with Crippen molar-refractivity contribution in [3.05, 3.63) is 120 Å². The minimum absolute atomic E-state index is 0.0916. The predicted molar refractivity (Wildman–Crippen MR) is 109 cm³/mol. The van der Waals surface area contributed by atoms with Crippen LogP contribution in [0.4, 0.5) is 0 Å². The van der Waals surface area contributed by atoms with Gasteiger partial charge in [0.25, 0.3) is 5.91 Å². The van der Waals surface area contributed by atoms with Gasteiger partial charge in [-0.25, -0.2) is 0 Å². The van der Waals surface area contributed by atoms with Crippen molar-refractivity contribution < 1.29 is 4.79 Å². The van der Waals surface area contributed by atoms with Gasteiger partial charge < -0.3 is 5.32 Å². The van der Waals surface area contributed by atoms with Gasteiger partial charge in [0.2, 0.25) is 0 Å². The molecule has 1 N–H and O–H groups in total. The average molecular weight is 339 g/mol. The number of carbonyl (C=O) groups is 1. The maximum Gasteiger partial charge on any atom is 0.251 e. The molecule has 0 aliphatic rings. The third kappa shape index (κ3) is 5.32. The normalized spacial score (nSPS) is 12.3. The van der Waals surface area contributed by atoms with Crippen LogP contribution in [0.1, 0.15) is 21.5 Å². The van der Waals surface area contributed by atoms with E-state index in [1.165, 1.54) is 0 Å². The molecule has 0 aromatic heterocycles. The van der Waals surface area contributed by atoms with E-state index in [0.717, 1.165) is 11.1 Å². The average Bonchev–Trinajstić information content (AvgIpc) is 2.72. The highest BCUT2D eigenvalue weighted by Gasteiger charge is 2.08. The van der Waals surface area contributed by atoms with Gasteiger partial charge in [-0.15, -0.1) is 0 Å². The van der Waals surface area contributed by atoms with E-state index in [1.807, 2.05) is 115 Å². The second kappa shape index (κ2) is 9.19. The minimum Gasteiger partial charge on any atom is -0.342 e. The summed E-state index contributed by atoms with van der Waals surface area (Å²) in [4.78, 5) is 12.5. The Balaban J connectivity index is 1.77. The third-order valence-corrected chi connectivity index (χ3v) is 3.92. The van der Waals surface area contributed by atoms with Gasteiger partial charge in [-0.1, -0.05) is 103 Å². The van der Waals surface area contributed by atoms with E-state index in [0.29, 0.717) is 5.56 Å². The highest BCUT2D eigenvalue weighted by Crippen LogP contribution is 2.07. The standard InChI is InChI=1S/C24H21NO/c26-24(22-14-8-3-9-15-22)25-23(18-16-20-10-4-1-5-11-20)19-17-21-12-6-2-7-13-21/h1-19,23H,(H,25,26)/b18-16-,19-17+. The number of amides is 1. The lowest BCUT2D eigenvalue weighted by Crippen LogP contribution is -2.31. The molecule has 128 valence electrons. The van der Waals surface area contributed by atoms with Crippen molar-refractivity contribution in [2.24, 2.45) is 0 Å². The Morgan fingerprint density at radius 2 is 1.08 bits per heavy atom. The first-order valence-corrected chi connectivity index (χ1v) is 8.64. The second-order valence-corrected chi connectivity index (χ2v) is 5.90. The van der Waals surface area contributed by atoms with E-state index < -0.39 is 0 Å². The molecule has 1 atom stereocenters.